The van der Waals surface area contributed by atoms with Gasteiger partial charge in [-0.15, -0.1) is 0 Å². The molecule has 4 nitrogen and oxygen atoms in total. The molecule has 2 aromatic rings. The second-order valence-corrected chi connectivity index (χ2v) is 8.18. The monoisotopic (exact) mass is 362 g/mol. The van der Waals surface area contributed by atoms with Gasteiger partial charge in [0.1, 0.15) is 11.5 Å². The zero-order valence-corrected chi connectivity index (χ0v) is 15.6. The number of phenols is 2. The molecule has 0 aliphatic rings. The lowest BCUT2D eigenvalue weighted by Gasteiger charge is -2.14. The number of aromatic hydroxyl groups is 2. The average Bonchev–Trinajstić information content (AvgIpc) is 2.57. The molecule has 0 aromatic heterocycles. The highest BCUT2D eigenvalue weighted by Gasteiger charge is 2.24. The Balaban J connectivity index is 2.56. The van der Waals surface area contributed by atoms with E-state index in [0.29, 0.717) is 24.0 Å². The van der Waals surface area contributed by atoms with E-state index in [4.69, 9.17) is 0 Å². The van der Waals surface area contributed by atoms with Crippen LogP contribution < -0.4 is 0 Å². The Morgan fingerprint density at radius 3 is 1.52 bits per heavy atom. The van der Waals surface area contributed by atoms with Crippen LogP contribution in [-0.4, -0.2) is 18.6 Å². The van der Waals surface area contributed by atoms with Crippen molar-refractivity contribution >= 4 is 9.84 Å². The van der Waals surface area contributed by atoms with Crippen LogP contribution in [-0.2, 0) is 22.7 Å². The highest BCUT2D eigenvalue weighted by Crippen LogP contribution is 2.32. The van der Waals surface area contributed by atoms with E-state index in [9.17, 15) is 18.6 Å². The third kappa shape index (κ3) is 4.54. The van der Waals surface area contributed by atoms with Crippen LogP contribution in [0.25, 0.3) is 0 Å². The van der Waals surface area contributed by atoms with Crippen LogP contribution >= 0.6 is 0 Å². The molecule has 0 unspecified atom stereocenters. The molecule has 0 heterocycles. The van der Waals surface area contributed by atoms with Gasteiger partial charge in [-0.1, -0.05) is 26.7 Å². The van der Waals surface area contributed by atoms with Gasteiger partial charge in [0.2, 0.25) is 9.84 Å². The topological polar surface area (TPSA) is 74.6 Å². The molecule has 2 rings (SSSR count). The Kier molecular flexibility index (Phi) is 6.48. The van der Waals surface area contributed by atoms with Gasteiger partial charge >= 0.3 is 0 Å². The summed E-state index contributed by atoms with van der Waals surface area (Å²) >= 11 is 0. The minimum absolute atomic E-state index is 0.0713. The Labute approximate surface area is 150 Å². The van der Waals surface area contributed by atoms with Crippen molar-refractivity contribution < 1.29 is 18.6 Å². The van der Waals surface area contributed by atoms with E-state index < -0.39 is 9.84 Å². The van der Waals surface area contributed by atoms with E-state index in [2.05, 4.69) is 0 Å². The van der Waals surface area contributed by atoms with Crippen molar-refractivity contribution in [1.29, 1.82) is 0 Å². The van der Waals surface area contributed by atoms with Crippen LogP contribution in [0.1, 0.15) is 50.7 Å². The van der Waals surface area contributed by atoms with Crippen molar-refractivity contribution in [3.05, 3.63) is 47.5 Å². The van der Waals surface area contributed by atoms with Crippen LogP contribution in [0.15, 0.2) is 46.2 Å². The van der Waals surface area contributed by atoms with E-state index in [0.717, 1.165) is 25.7 Å². The van der Waals surface area contributed by atoms with Crippen molar-refractivity contribution in [2.45, 2.75) is 62.2 Å². The summed E-state index contributed by atoms with van der Waals surface area (Å²) in [5.74, 6) is 0.143. The van der Waals surface area contributed by atoms with Gasteiger partial charge in [0.25, 0.3) is 0 Å². The molecule has 0 atom stereocenters. The Bertz CT molecular complexity index is 762. The van der Waals surface area contributed by atoms with E-state index >= 15 is 0 Å². The van der Waals surface area contributed by atoms with Gasteiger partial charge < -0.3 is 10.2 Å². The molecule has 136 valence electrons. The minimum atomic E-state index is -3.72. The summed E-state index contributed by atoms with van der Waals surface area (Å²) in [4.78, 5) is 0.476. The SMILES string of the molecule is CCCCc1cc(O)ccc1S(=O)(=O)c1ccc(O)cc1CCCC. The van der Waals surface area contributed by atoms with Crippen molar-refractivity contribution in [3.8, 4) is 11.5 Å². The fraction of sp³-hybridized carbons (Fsp3) is 0.400. The molecule has 0 saturated heterocycles. The van der Waals surface area contributed by atoms with Crippen LogP contribution in [0, 0.1) is 0 Å². The average molecular weight is 362 g/mol. The van der Waals surface area contributed by atoms with Gasteiger partial charge in [0, 0.05) is 0 Å². The molecule has 5 heteroatoms. The van der Waals surface area contributed by atoms with Crippen LogP contribution in [0.5, 0.6) is 11.5 Å². The maximum atomic E-state index is 13.3. The zero-order chi connectivity index (χ0) is 18.4. The number of unbranched alkanes of at least 4 members (excludes halogenated alkanes) is 2. The third-order valence-corrected chi connectivity index (χ3v) is 6.22. The standard InChI is InChI=1S/C20H26O4S/c1-3-5-7-15-13-17(21)9-11-19(15)25(23,24)20-12-10-18(22)14-16(20)8-6-4-2/h9-14,21-22H,3-8H2,1-2H3. The molecule has 0 saturated carbocycles. The van der Waals surface area contributed by atoms with E-state index in [1.165, 1.54) is 36.4 Å². The molecule has 0 aliphatic carbocycles. The summed E-state index contributed by atoms with van der Waals surface area (Å²) in [6, 6.07) is 8.85. The van der Waals surface area contributed by atoms with E-state index in [-0.39, 0.29) is 21.3 Å². The first-order chi connectivity index (χ1) is 11.9. The van der Waals surface area contributed by atoms with Gasteiger partial charge in [-0.2, -0.15) is 0 Å². The molecule has 0 amide bonds. The van der Waals surface area contributed by atoms with Gasteiger partial charge in [0.15, 0.2) is 0 Å². The summed E-state index contributed by atoms with van der Waals surface area (Å²) in [6.45, 7) is 4.08. The first-order valence-electron chi connectivity index (χ1n) is 8.79. The summed E-state index contributed by atoms with van der Waals surface area (Å²) < 4.78 is 26.5. The predicted molar refractivity (Wildman–Crippen MR) is 98.9 cm³/mol. The highest BCUT2D eigenvalue weighted by atomic mass is 32.2. The summed E-state index contributed by atoms with van der Waals surface area (Å²) in [7, 11) is -3.72. The first kappa shape index (κ1) is 19.3. The lowest BCUT2D eigenvalue weighted by atomic mass is 10.1. The van der Waals surface area contributed by atoms with Gasteiger partial charge in [0.05, 0.1) is 9.79 Å². The Morgan fingerprint density at radius 2 is 1.16 bits per heavy atom. The number of aryl methyl sites for hydroxylation is 2. The lowest BCUT2D eigenvalue weighted by molar-refractivity contribution is 0.473. The number of hydrogen-bond donors (Lipinski definition) is 2. The molecule has 25 heavy (non-hydrogen) atoms. The van der Waals surface area contributed by atoms with E-state index in [1.807, 2.05) is 13.8 Å². The number of rotatable bonds is 8. The lowest BCUT2D eigenvalue weighted by Crippen LogP contribution is -2.09. The Morgan fingerprint density at radius 1 is 0.760 bits per heavy atom. The summed E-state index contributed by atoms with van der Waals surface area (Å²) in [5.41, 5.74) is 1.27. The molecule has 0 bridgehead atoms. The number of benzene rings is 2. The number of hydrogen-bond acceptors (Lipinski definition) is 4. The van der Waals surface area contributed by atoms with Crippen molar-refractivity contribution in [2.24, 2.45) is 0 Å². The van der Waals surface area contributed by atoms with Crippen molar-refractivity contribution in [1.82, 2.24) is 0 Å². The molecular formula is C20H26O4S. The zero-order valence-electron chi connectivity index (χ0n) is 14.8. The van der Waals surface area contributed by atoms with Gasteiger partial charge in [-0.25, -0.2) is 8.42 Å². The van der Waals surface area contributed by atoms with Gasteiger partial charge in [-0.05, 0) is 73.2 Å². The molecule has 0 spiro atoms. The maximum absolute atomic E-state index is 13.3. The minimum Gasteiger partial charge on any atom is -0.508 e. The molecule has 0 fully saturated rings. The smallest absolute Gasteiger partial charge is 0.207 e. The molecule has 0 radical (unpaired) electrons. The fourth-order valence-electron chi connectivity index (χ4n) is 2.90. The van der Waals surface area contributed by atoms with Crippen LogP contribution in [0.4, 0.5) is 0 Å². The maximum Gasteiger partial charge on any atom is 0.207 e. The van der Waals surface area contributed by atoms with Crippen LogP contribution in [0.3, 0.4) is 0 Å². The third-order valence-electron chi connectivity index (χ3n) is 4.27. The normalized spacial score (nSPS) is 11.6. The molecule has 0 aliphatic heterocycles. The fourth-order valence-corrected chi connectivity index (χ4v) is 4.64. The van der Waals surface area contributed by atoms with Gasteiger partial charge in [-0.3, -0.25) is 0 Å². The first-order valence-corrected chi connectivity index (χ1v) is 10.3. The Hall–Kier alpha value is -2.01. The highest BCUT2D eigenvalue weighted by molar-refractivity contribution is 7.91. The number of sulfone groups is 1. The molecule has 2 N–H and O–H groups in total. The number of phenolic OH excluding ortho intramolecular Hbond substituents is 2. The largest absolute Gasteiger partial charge is 0.508 e. The van der Waals surface area contributed by atoms with Crippen molar-refractivity contribution in [3.63, 3.8) is 0 Å². The molecule has 2 aromatic carbocycles. The second-order valence-electron chi connectivity index (χ2n) is 6.29. The summed E-state index contributed by atoms with van der Waals surface area (Å²) in [6.07, 6.45) is 4.78. The van der Waals surface area contributed by atoms with Crippen molar-refractivity contribution in [2.75, 3.05) is 0 Å². The quantitative estimate of drug-likeness (QED) is 0.719. The second kappa shape index (κ2) is 8.39. The molecular weight excluding hydrogens is 336 g/mol. The van der Waals surface area contributed by atoms with E-state index in [1.54, 1.807) is 0 Å². The van der Waals surface area contributed by atoms with Crippen LogP contribution in [0.2, 0.25) is 0 Å². The predicted octanol–water partition coefficient (Wildman–Crippen LogP) is 4.62. The summed E-state index contributed by atoms with van der Waals surface area (Å²) in [5, 5.41) is 19.5.